The van der Waals surface area contributed by atoms with Crippen molar-refractivity contribution in [3.63, 3.8) is 0 Å². The summed E-state index contributed by atoms with van der Waals surface area (Å²) in [5.74, 6) is 0.898. The number of nitrogens with zero attached hydrogens (tertiary/aromatic N) is 3. The van der Waals surface area contributed by atoms with Gasteiger partial charge < -0.3 is 0 Å². The summed E-state index contributed by atoms with van der Waals surface area (Å²) in [6.07, 6.45) is 1.99. The van der Waals surface area contributed by atoms with Gasteiger partial charge in [-0.05, 0) is 46.6 Å². The lowest BCUT2D eigenvalue weighted by molar-refractivity contribution is 1.12. The molecule has 0 aliphatic heterocycles. The van der Waals surface area contributed by atoms with E-state index in [1.165, 1.54) is 0 Å². The molecule has 0 saturated carbocycles. The number of halogens is 1. The van der Waals surface area contributed by atoms with Crippen LogP contribution in [0.3, 0.4) is 0 Å². The average Bonchev–Trinajstić information content (AvgIpc) is 2.84. The van der Waals surface area contributed by atoms with Gasteiger partial charge in [0.05, 0.1) is 8.66 Å². The average molecular weight is 294 g/mol. The van der Waals surface area contributed by atoms with Crippen LogP contribution in [0, 0.1) is 6.92 Å². The van der Waals surface area contributed by atoms with Gasteiger partial charge in [-0.1, -0.05) is 6.07 Å². The van der Waals surface area contributed by atoms with E-state index in [1.54, 1.807) is 11.3 Å². The molecule has 0 amide bonds. The quantitative estimate of drug-likeness (QED) is 0.687. The lowest BCUT2D eigenvalue weighted by atomic mass is 10.3. The number of hydrogen-bond acceptors (Lipinski definition) is 3. The molecule has 80 valence electrons. The van der Waals surface area contributed by atoms with Crippen LogP contribution < -0.4 is 0 Å². The van der Waals surface area contributed by atoms with E-state index >= 15 is 0 Å². The van der Waals surface area contributed by atoms with E-state index in [-0.39, 0.29) is 0 Å². The minimum atomic E-state index is 0.898. The number of fused-ring (bicyclic) bond motifs is 1. The van der Waals surface area contributed by atoms with Crippen LogP contribution >= 0.6 is 27.3 Å². The lowest BCUT2D eigenvalue weighted by Crippen LogP contribution is -1.88. The molecule has 0 fully saturated rings. The predicted molar refractivity (Wildman–Crippen MR) is 68.7 cm³/mol. The second-order valence-electron chi connectivity index (χ2n) is 3.51. The maximum Gasteiger partial charge on any atom is 0.178 e. The number of pyridine rings is 1. The van der Waals surface area contributed by atoms with E-state index in [1.807, 2.05) is 41.8 Å². The summed E-state index contributed by atoms with van der Waals surface area (Å²) >= 11 is 5.12. The second kappa shape index (κ2) is 3.68. The number of aromatic nitrogens is 3. The Hall–Kier alpha value is -1.20. The van der Waals surface area contributed by atoms with Gasteiger partial charge in [0.1, 0.15) is 0 Å². The summed E-state index contributed by atoms with van der Waals surface area (Å²) in [4.78, 5) is 1.12. The van der Waals surface area contributed by atoms with Gasteiger partial charge >= 0.3 is 0 Å². The molecule has 0 aliphatic carbocycles. The summed E-state index contributed by atoms with van der Waals surface area (Å²) in [7, 11) is 0. The zero-order valence-electron chi connectivity index (χ0n) is 8.51. The van der Waals surface area contributed by atoms with E-state index in [9.17, 15) is 0 Å². The van der Waals surface area contributed by atoms with Crippen LogP contribution in [0.1, 0.15) is 5.56 Å². The number of thiophene rings is 1. The molecule has 0 radical (unpaired) electrons. The predicted octanol–water partition coefficient (Wildman–Crippen LogP) is 3.53. The smallest absolute Gasteiger partial charge is 0.178 e. The first-order chi connectivity index (χ1) is 7.75. The number of aryl methyl sites for hydroxylation is 1. The third-order valence-corrected chi connectivity index (χ3v) is 4.04. The molecule has 0 unspecified atom stereocenters. The van der Waals surface area contributed by atoms with Crippen molar-refractivity contribution in [3.05, 3.63) is 39.8 Å². The zero-order valence-corrected chi connectivity index (χ0v) is 10.9. The van der Waals surface area contributed by atoms with Crippen LogP contribution in [0.2, 0.25) is 0 Å². The van der Waals surface area contributed by atoms with Gasteiger partial charge in [-0.3, -0.25) is 4.40 Å². The molecular weight excluding hydrogens is 286 g/mol. The summed E-state index contributed by atoms with van der Waals surface area (Å²) < 4.78 is 3.13. The molecule has 3 aromatic heterocycles. The molecule has 0 atom stereocenters. The van der Waals surface area contributed by atoms with Crippen molar-refractivity contribution in [3.8, 4) is 10.7 Å². The Morgan fingerprint density at radius 2 is 2.12 bits per heavy atom. The van der Waals surface area contributed by atoms with Gasteiger partial charge in [0.2, 0.25) is 0 Å². The van der Waals surface area contributed by atoms with Gasteiger partial charge in [0, 0.05) is 6.20 Å². The highest BCUT2D eigenvalue weighted by atomic mass is 79.9. The summed E-state index contributed by atoms with van der Waals surface area (Å²) in [6, 6.07) is 8.13. The monoisotopic (exact) mass is 293 g/mol. The lowest BCUT2D eigenvalue weighted by Gasteiger charge is -1.97. The Balaban J connectivity index is 2.29. The Morgan fingerprint density at radius 3 is 2.88 bits per heavy atom. The van der Waals surface area contributed by atoms with Crippen molar-refractivity contribution in [1.82, 2.24) is 14.6 Å². The van der Waals surface area contributed by atoms with Crippen molar-refractivity contribution < 1.29 is 0 Å². The van der Waals surface area contributed by atoms with Crippen LogP contribution in [0.15, 0.2) is 34.2 Å². The highest BCUT2D eigenvalue weighted by Crippen LogP contribution is 2.30. The third-order valence-electron chi connectivity index (χ3n) is 2.42. The number of rotatable bonds is 1. The first-order valence-electron chi connectivity index (χ1n) is 4.82. The van der Waals surface area contributed by atoms with E-state index in [2.05, 4.69) is 26.1 Å². The highest BCUT2D eigenvalue weighted by Gasteiger charge is 2.10. The first kappa shape index (κ1) is 9.99. The minimum Gasteiger partial charge on any atom is -0.282 e. The molecule has 0 bridgehead atoms. The van der Waals surface area contributed by atoms with Crippen molar-refractivity contribution in [2.45, 2.75) is 6.92 Å². The minimum absolute atomic E-state index is 0.898. The molecule has 3 nitrogen and oxygen atoms in total. The van der Waals surface area contributed by atoms with Crippen LogP contribution in [0.25, 0.3) is 16.3 Å². The third kappa shape index (κ3) is 1.47. The normalized spacial score (nSPS) is 11.1. The first-order valence-corrected chi connectivity index (χ1v) is 6.43. The van der Waals surface area contributed by atoms with Crippen LogP contribution in [0.5, 0.6) is 0 Å². The van der Waals surface area contributed by atoms with E-state index in [4.69, 9.17) is 0 Å². The topological polar surface area (TPSA) is 30.2 Å². The van der Waals surface area contributed by atoms with Gasteiger partial charge in [0.25, 0.3) is 0 Å². The molecule has 3 aromatic rings. The highest BCUT2D eigenvalue weighted by molar-refractivity contribution is 9.11. The SMILES string of the molecule is Cc1cccn2c(-c3ccc(Br)s3)nnc12. The molecule has 0 N–H and O–H groups in total. The number of hydrogen-bond donors (Lipinski definition) is 0. The molecule has 3 heterocycles. The van der Waals surface area contributed by atoms with Crippen LogP contribution in [-0.2, 0) is 0 Å². The molecule has 0 saturated heterocycles. The second-order valence-corrected chi connectivity index (χ2v) is 5.98. The molecule has 16 heavy (non-hydrogen) atoms. The largest absolute Gasteiger partial charge is 0.282 e. The fraction of sp³-hybridized carbons (Fsp3) is 0.0909. The molecule has 0 aromatic carbocycles. The summed E-state index contributed by atoms with van der Waals surface area (Å²) in [5.41, 5.74) is 2.05. The van der Waals surface area contributed by atoms with Gasteiger partial charge in [-0.15, -0.1) is 21.5 Å². The van der Waals surface area contributed by atoms with Gasteiger partial charge in [-0.2, -0.15) is 0 Å². The molecular formula is C11H8BrN3S. The fourth-order valence-electron chi connectivity index (χ4n) is 1.65. The maximum absolute atomic E-state index is 4.24. The molecule has 5 heteroatoms. The Kier molecular flexibility index (Phi) is 2.29. The van der Waals surface area contributed by atoms with Gasteiger partial charge in [0.15, 0.2) is 11.5 Å². The zero-order chi connectivity index (χ0) is 11.1. The van der Waals surface area contributed by atoms with E-state index in [0.717, 1.165) is 25.7 Å². The summed E-state index contributed by atoms with van der Waals surface area (Å²) in [5, 5.41) is 8.45. The standard InChI is InChI=1S/C11H8BrN3S/c1-7-3-2-6-15-10(7)13-14-11(15)8-4-5-9(12)16-8/h2-6H,1H3. The van der Waals surface area contributed by atoms with Crippen LogP contribution in [-0.4, -0.2) is 14.6 Å². The van der Waals surface area contributed by atoms with Crippen molar-refractivity contribution in [1.29, 1.82) is 0 Å². The Bertz CT molecular complexity index is 656. The summed E-state index contributed by atoms with van der Waals surface area (Å²) in [6.45, 7) is 2.04. The van der Waals surface area contributed by atoms with Crippen molar-refractivity contribution in [2.24, 2.45) is 0 Å². The van der Waals surface area contributed by atoms with E-state index in [0.29, 0.717) is 0 Å². The maximum atomic E-state index is 4.24. The van der Waals surface area contributed by atoms with Gasteiger partial charge in [-0.25, -0.2) is 0 Å². The van der Waals surface area contributed by atoms with Crippen molar-refractivity contribution in [2.75, 3.05) is 0 Å². The Morgan fingerprint density at radius 1 is 1.25 bits per heavy atom. The molecule has 0 aliphatic rings. The molecule has 0 spiro atoms. The van der Waals surface area contributed by atoms with Crippen LogP contribution in [0.4, 0.5) is 0 Å². The Labute approximate surface area is 105 Å². The van der Waals surface area contributed by atoms with E-state index < -0.39 is 0 Å². The van der Waals surface area contributed by atoms with Crippen molar-refractivity contribution >= 4 is 32.9 Å². The molecule has 3 rings (SSSR count). The fourth-order valence-corrected chi connectivity index (χ4v) is 3.02.